The van der Waals surface area contributed by atoms with E-state index in [-0.39, 0.29) is 11.6 Å². The molecule has 126 valence electrons. The van der Waals surface area contributed by atoms with Gasteiger partial charge < -0.3 is 9.59 Å². The number of carbonyl (C=O) groups is 2. The van der Waals surface area contributed by atoms with Gasteiger partial charge in [-0.3, -0.25) is 4.18 Å². The van der Waals surface area contributed by atoms with Crippen LogP contribution in [0.25, 0.3) is 0 Å². The summed E-state index contributed by atoms with van der Waals surface area (Å²) in [5.41, 5.74) is 0. The Morgan fingerprint density at radius 3 is 1.86 bits per heavy atom. The molecule has 0 radical (unpaired) electrons. The Morgan fingerprint density at radius 1 is 0.952 bits per heavy atom. The van der Waals surface area contributed by atoms with Crippen LogP contribution in [0, 0.1) is 0 Å². The van der Waals surface area contributed by atoms with Crippen molar-refractivity contribution in [2.24, 2.45) is 5.90 Å². The van der Waals surface area contributed by atoms with Crippen LogP contribution in [0.5, 0.6) is 0 Å². The molecule has 0 saturated heterocycles. The Bertz CT molecular complexity index is 283. The zero-order valence-electron chi connectivity index (χ0n) is 13.4. The van der Waals surface area contributed by atoms with E-state index in [2.05, 4.69) is 17.1 Å². The SMILES string of the molecule is CC(=O)CCC(C)=O.CCCCCCCCOS(=O)ON. The monoisotopic (exact) mass is 323 g/mol. The Morgan fingerprint density at radius 2 is 1.43 bits per heavy atom. The summed E-state index contributed by atoms with van der Waals surface area (Å²) < 4.78 is 19.2. The van der Waals surface area contributed by atoms with E-state index in [4.69, 9.17) is 4.18 Å². The van der Waals surface area contributed by atoms with Gasteiger partial charge in [-0.2, -0.15) is 14.4 Å². The van der Waals surface area contributed by atoms with Crippen LogP contribution in [0.1, 0.15) is 72.1 Å². The highest BCUT2D eigenvalue weighted by atomic mass is 32.2. The predicted octanol–water partition coefficient (Wildman–Crippen LogP) is 2.78. The number of ketones is 2. The molecule has 0 aliphatic heterocycles. The summed E-state index contributed by atoms with van der Waals surface area (Å²) >= 11 is -1.76. The first kappa shape index (κ1) is 22.6. The second-order valence-electron chi connectivity index (χ2n) is 4.79. The summed E-state index contributed by atoms with van der Waals surface area (Å²) in [5.74, 6) is 4.79. The third-order valence-electron chi connectivity index (χ3n) is 2.59. The molecule has 0 amide bonds. The van der Waals surface area contributed by atoms with Crippen LogP contribution in [0.2, 0.25) is 0 Å². The predicted molar refractivity (Wildman–Crippen MR) is 83.3 cm³/mol. The number of unbranched alkanes of at least 4 members (excludes halogenated alkanes) is 5. The van der Waals surface area contributed by atoms with Crippen molar-refractivity contribution in [2.45, 2.75) is 72.1 Å². The maximum Gasteiger partial charge on any atom is 0.322 e. The van der Waals surface area contributed by atoms with Crippen LogP contribution < -0.4 is 5.90 Å². The van der Waals surface area contributed by atoms with E-state index in [1.165, 1.54) is 39.5 Å². The summed E-state index contributed by atoms with van der Waals surface area (Å²) in [5, 5.41) is 0. The normalized spacial score (nSPS) is 11.4. The van der Waals surface area contributed by atoms with Crippen molar-refractivity contribution in [3.63, 3.8) is 0 Å². The summed E-state index contributed by atoms with van der Waals surface area (Å²) in [4.78, 5) is 20.4. The van der Waals surface area contributed by atoms with Gasteiger partial charge in [-0.1, -0.05) is 39.0 Å². The van der Waals surface area contributed by atoms with Gasteiger partial charge in [0.2, 0.25) is 0 Å². The van der Waals surface area contributed by atoms with Gasteiger partial charge in [-0.15, -0.1) is 0 Å². The van der Waals surface area contributed by atoms with Crippen molar-refractivity contribution in [1.29, 1.82) is 0 Å². The Hall–Kier alpha value is -0.630. The molecule has 0 aromatic carbocycles. The lowest BCUT2D eigenvalue weighted by atomic mass is 10.1. The van der Waals surface area contributed by atoms with Crippen LogP contribution in [0.15, 0.2) is 0 Å². The molecule has 0 bridgehead atoms. The molecule has 0 fully saturated rings. The molecule has 0 saturated carbocycles. The average molecular weight is 323 g/mol. The minimum absolute atomic E-state index is 0.0835. The molecule has 1 atom stereocenters. The third-order valence-corrected chi connectivity index (χ3v) is 3.10. The van der Waals surface area contributed by atoms with Gasteiger partial charge >= 0.3 is 11.4 Å². The first-order chi connectivity index (χ1) is 9.93. The Labute approximate surface area is 130 Å². The molecule has 0 aliphatic rings. The molecular weight excluding hydrogens is 294 g/mol. The van der Waals surface area contributed by atoms with Crippen LogP contribution in [-0.2, 0) is 29.4 Å². The maximum atomic E-state index is 10.5. The highest BCUT2D eigenvalue weighted by Gasteiger charge is 1.97. The van der Waals surface area contributed by atoms with Crippen LogP contribution in [0.4, 0.5) is 0 Å². The third kappa shape index (κ3) is 24.7. The smallest absolute Gasteiger partial charge is 0.300 e. The lowest BCUT2D eigenvalue weighted by Gasteiger charge is -2.00. The molecule has 0 heterocycles. The zero-order valence-corrected chi connectivity index (χ0v) is 14.2. The van der Waals surface area contributed by atoms with E-state index in [0.717, 1.165) is 12.8 Å². The van der Waals surface area contributed by atoms with E-state index >= 15 is 0 Å². The number of hydrogen-bond donors (Lipinski definition) is 1. The molecule has 2 N–H and O–H groups in total. The van der Waals surface area contributed by atoms with Crippen molar-refractivity contribution in [3.8, 4) is 0 Å². The Kier molecular flexibility index (Phi) is 18.8. The van der Waals surface area contributed by atoms with E-state index in [1.54, 1.807) is 0 Å². The molecule has 0 rings (SSSR count). The largest absolute Gasteiger partial charge is 0.322 e. The topological polar surface area (TPSA) is 95.7 Å². The van der Waals surface area contributed by atoms with Crippen LogP contribution in [-0.4, -0.2) is 22.4 Å². The highest BCUT2D eigenvalue weighted by molar-refractivity contribution is 7.75. The summed E-state index contributed by atoms with van der Waals surface area (Å²) in [6.07, 6.45) is 7.85. The first-order valence-electron chi connectivity index (χ1n) is 7.35. The van der Waals surface area contributed by atoms with Gasteiger partial charge in [-0.25, -0.2) is 0 Å². The van der Waals surface area contributed by atoms with E-state index in [1.807, 2.05) is 0 Å². The molecule has 0 aromatic rings. The lowest BCUT2D eigenvalue weighted by molar-refractivity contribution is -0.122. The molecule has 1 unspecified atom stereocenters. The summed E-state index contributed by atoms with van der Waals surface area (Å²) in [6, 6.07) is 0. The number of rotatable bonds is 12. The minimum atomic E-state index is -1.76. The highest BCUT2D eigenvalue weighted by Crippen LogP contribution is 2.05. The van der Waals surface area contributed by atoms with Gasteiger partial charge in [0.25, 0.3) is 0 Å². The van der Waals surface area contributed by atoms with E-state index in [9.17, 15) is 13.8 Å². The molecule has 0 aliphatic carbocycles. The lowest BCUT2D eigenvalue weighted by Crippen LogP contribution is -2.07. The zero-order chi connectivity index (χ0) is 16.5. The standard InChI is InChI=1S/C8H19NO3S.C6H10O2/c1-2-3-4-5-6-7-8-11-13(10)12-9;1-5(7)3-4-6(2)8/h2-9H2,1H3;3-4H2,1-2H3. The van der Waals surface area contributed by atoms with Gasteiger partial charge in [0.1, 0.15) is 11.6 Å². The number of nitrogens with two attached hydrogens (primary N) is 1. The van der Waals surface area contributed by atoms with Crippen molar-refractivity contribution in [3.05, 3.63) is 0 Å². The first-order valence-corrected chi connectivity index (χ1v) is 8.35. The number of carbonyl (C=O) groups excluding carboxylic acids is 2. The maximum absolute atomic E-state index is 10.5. The van der Waals surface area contributed by atoms with Crippen LogP contribution >= 0.6 is 0 Å². The average Bonchev–Trinajstić information content (AvgIpc) is 2.44. The Balaban J connectivity index is 0. The van der Waals surface area contributed by atoms with Gasteiger partial charge in [0.15, 0.2) is 0 Å². The van der Waals surface area contributed by atoms with Gasteiger partial charge in [0.05, 0.1) is 6.61 Å². The second kappa shape index (κ2) is 17.4. The van der Waals surface area contributed by atoms with Crippen LogP contribution in [0.3, 0.4) is 0 Å². The number of hydrogen-bond acceptors (Lipinski definition) is 6. The van der Waals surface area contributed by atoms with Crippen molar-refractivity contribution in [2.75, 3.05) is 6.61 Å². The van der Waals surface area contributed by atoms with E-state index < -0.39 is 11.4 Å². The van der Waals surface area contributed by atoms with Crippen molar-refractivity contribution < 1.29 is 22.3 Å². The van der Waals surface area contributed by atoms with Gasteiger partial charge in [0, 0.05) is 12.8 Å². The van der Waals surface area contributed by atoms with Crippen molar-refractivity contribution in [1.82, 2.24) is 0 Å². The fourth-order valence-corrected chi connectivity index (χ4v) is 1.70. The summed E-state index contributed by atoms with van der Waals surface area (Å²) in [7, 11) is 0. The molecular formula is C14H29NO5S. The quantitative estimate of drug-likeness (QED) is 0.438. The fourth-order valence-electron chi connectivity index (χ4n) is 1.39. The van der Waals surface area contributed by atoms with E-state index in [0.29, 0.717) is 19.4 Å². The molecule has 21 heavy (non-hydrogen) atoms. The molecule has 0 aromatic heterocycles. The molecule has 7 heteroatoms. The summed E-state index contributed by atoms with van der Waals surface area (Å²) in [6.45, 7) is 5.62. The van der Waals surface area contributed by atoms with Gasteiger partial charge in [-0.05, 0) is 20.3 Å². The molecule has 6 nitrogen and oxygen atoms in total. The number of Topliss-reactive ketones (excluding diaryl/α,β-unsaturated/α-hetero) is 2. The fraction of sp³-hybridized carbons (Fsp3) is 0.857. The second-order valence-corrected chi connectivity index (χ2v) is 5.63. The van der Waals surface area contributed by atoms with Crippen molar-refractivity contribution >= 4 is 22.9 Å². The minimum Gasteiger partial charge on any atom is -0.300 e. The molecule has 0 spiro atoms.